The number of aromatic hydroxyl groups is 1. The van der Waals surface area contributed by atoms with Crippen molar-refractivity contribution < 1.29 is 24.5 Å². The molecule has 2 aromatic carbocycles. The minimum atomic E-state index is -1.11. The molecule has 170 valence electrons. The molecule has 4 N–H and O–H groups in total. The Kier molecular flexibility index (Phi) is 6.91. The van der Waals surface area contributed by atoms with Crippen molar-refractivity contribution in [2.45, 2.75) is 39.7 Å². The first kappa shape index (κ1) is 23.8. The summed E-state index contributed by atoms with van der Waals surface area (Å²) < 4.78 is 5.92. The third-order valence-corrected chi connectivity index (χ3v) is 5.73. The number of benzene rings is 2. The van der Waals surface area contributed by atoms with Gasteiger partial charge in [0.05, 0.1) is 10.0 Å². The number of carbonyl (C=O) groups is 2. The number of phenols is 1. The number of ether oxygens (including phenoxy) is 1. The molecule has 0 bridgehead atoms. The molecular weight excluding hydrogens is 455 g/mol. The van der Waals surface area contributed by atoms with Gasteiger partial charge in [-0.25, -0.2) is 4.79 Å². The normalized spacial score (nSPS) is 12.4. The topological polar surface area (TPSA) is 112 Å². The molecule has 0 aliphatic rings. The molecule has 1 heterocycles. The Morgan fingerprint density at radius 2 is 1.78 bits per heavy atom. The van der Waals surface area contributed by atoms with E-state index in [9.17, 15) is 19.8 Å². The number of carboxylic acids is 1. The Hall–Kier alpha value is -2.90. The lowest BCUT2D eigenvalue weighted by Crippen LogP contribution is -2.44. The van der Waals surface area contributed by atoms with Gasteiger partial charge in [-0.1, -0.05) is 50.9 Å². The minimum absolute atomic E-state index is 0.0817. The average molecular weight is 479 g/mol. The third-order valence-electron chi connectivity index (χ3n) is 5.08. The van der Waals surface area contributed by atoms with Crippen molar-refractivity contribution in [1.82, 2.24) is 10.3 Å². The molecule has 3 rings (SSSR count). The molecule has 0 saturated heterocycles. The number of carbonyl (C=O) groups excluding carboxylic acids is 1. The van der Waals surface area contributed by atoms with E-state index in [0.717, 1.165) is 5.56 Å². The Morgan fingerprint density at radius 1 is 1.09 bits per heavy atom. The number of fused-ring (bicyclic) bond motifs is 1. The van der Waals surface area contributed by atoms with Crippen molar-refractivity contribution in [3.63, 3.8) is 0 Å². The highest BCUT2D eigenvalue weighted by molar-refractivity contribution is 6.41. The first-order valence-electron chi connectivity index (χ1n) is 10.0. The number of aliphatic carboxylic acids is 1. The van der Waals surface area contributed by atoms with Gasteiger partial charge in [-0.15, -0.1) is 0 Å². The van der Waals surface area contributed by atoms with Gasteiger partial charge >= 0.3 is 5.97 Å². The predicted molar refractivity (Wildman–Crippen MR) is 124 cm³/mol. The number of hydrogen-bond donors (Lipinski definition) is 4. The van der Waals surface area contributed by atoms with E-state index in [0.29, 0.717) is 16.7 Å². The van der Waals surface area contributed by atoms with E-state index in [4.69, 9.17) is 27.9 Å². The fourth-order valence-corrected chi connectivity index (χ4v) is 3.90. The summed E-state index contributed by atoms with van der Waals surface area (Å²) in [7, 11) is 0. The molecule has 32 heavy (non-hydrogen) atoms. The highest BCUT2D eigenvalue weighted by atomic mass is 35.5. The molecule has 1 amide bonds. The maximum Gasteiger partial charge on any atom is 0.326 e. The number of carboxylic acid groups (broad SMARTS) is 1. The van der Waals surface area contributed by atoms with E-state index in [-0.39, 0.29) is 39.1 Å². The fraction of sp³-hybridized carbons (Fsp3) is 0.304. The summed E-state index contributed by atoms with van der Waals surface area (Å²) >= 11 is 12.9. The lowest BCUT2D eigenvalue weighted by molar-refractivity contribution is -0.140. The summed E-state index contributed by atoms with van der Waals surface area (Å²) in [6.07, 6.45) is 0. The molecule has 9 heteroatoms. The molecule has 7 nitrogen and oxygen atoms in total. The van der Waals surface area contributed by atoms with Gasteiger partial charge in [0.2, 0.25) is 0 Å². The molecule has 0 aliphatic heterocycles. The molecular formula is C23H24Cl2N2O5. The SMILES string of the molecule is CC(C)c1cc(Oc2c(Cl)cc3[nH]c(C(=O)NC(C(=O)O)C(C)C)cc3c2Cl)ccc1O. The molecule has 3 aromatic rings. The first-order chi connectivity index (χ1) is 15.0. The summed E-state index contributed by atoms with van der Waals surface area (Å²) in [6.45, 7) is 7.31. The number of halogens is 2. The maximum atomic E-state index is 12.6. The molecule has 0 fully saturated rings. The second-order valence-corrected chi connectivity index (χ2v) is 8.94. The first-order valence-corrected chi connectivity index (χ1v) is 10.8. The van der Waals surface area contributed by atoms with Gasteiger partial charge in [-0.3, -0.25) is 4.79 Å². The molecule has 1 unspecified atom stereocenters. The number of aromatic nitrogens is 1. The van der Waals surface area contributed by atoms with Crippen LogP contribution in [0.1, 0.15) is 49.7 Å². The standard InChI is InChI=1S/C23H24Cl2N2O5/c1-10(2)13-7-12(5-6-18(13)28)32-21-15(24)9-16-14(19(21)25)8-17(26-16)22(29)27-20(11(3)4)23(30)31/h5-11,20,26,28H,1-4H3,(H,27,29)(H,30,31). The number of aromatic amines is 1. The quantitative estimate of drug-likeness (QED) is 0.335. The number of H-pyrrole nitrogens is 1. The van der Waals surface area contributed by atoms with E-state index in [1.807, 2.05) is 13.8 Å². The van der Waals surface area contributed by atoms with Crippen molar-refractivity contribution >= 4 is 46.0 Å². The van der Waals surface area contributed by atoms with Crippen LogP contribution in [0.4, 0.5) is 0 Å². The maximum absolute atomic E-state index is 12.6. The van der Waals surface area contributed by atoms with Gasteiger partial charge in [-0.2, -0.15) is 0 Å². The Bertz CT molecular complexity index is 1190. The van der Waals surface area contributed by atoms with Crippen molar-refractivity contribution in [2.75, 3.05) is 0 Å². The van der Waals surface area contributed by atoms with Crippen LogP contribution in [0, 0.1) is 5.92 Å². The molecule has 1 atom stereocenters. The monoisotopic (exact) mass is 478 g/mol. The molecule has 1 aromatic heterocycles. The van der Waals surface area contributed by atoms with Crippen molar-refractivity contribution in [3.8, 4) is 17.2 Å². The van der Waals surface area contributed by atoms with Gasteiger partial charge in [-0.05, 0) is 42.2 Å². The summed E-state index contributed by atoms with van der Waals surface area (Å²) in [5.74, 6) is -1.07. The van der Waals surface area contributed by atoms with Crippen molar-refractivity contribution in [3.05, 3.63) is 51.6 Å². The zero-order chi connectivity index (χ0) is 23.7. The number of nitrogens with one attached hydrogen (secondary N) is 2. The van der Waals surface area contributed by atoms with Gasteiger partial charge in [0, 0.05) is 16.5 Å². The Balaban J connectivity index is 1.95. The van der Waals surface area contributed by atoms with Crippen LogP contribution in [0.5, 0.6) is 17.2 Å². The molecule has 0 saturated carbocycles. The zero-order valence-electron chi connectivity index (χ0n) is 18.0. The van der Waals surface area contributed by atoms with Gasteiger partial charge < -0.3 is 25.3 Å². The second kappa shape index (κ2) is 9.30. The molecule has 0 radical (unpaired) electrons. The van der Waals surface area contributed by atoms with Crippen LogP contribution in [0.3, 0.4) is 0 Å². The van der Waals surface area contributed by atoms with Crippen LogP contribution in [-0.4, -0.2) is 33.1 Å². The summed E-state index contributed by atoms with van der Waals surface area (Å²) in [6, 6.07) is 6.92. The van der Waals surface area contributed by atoms with Crippen molar-refractivity contribution in [1.29, 1.82) is 0 Å². The summed E-state index contributed by atoms with van der Waals surface area (Å²) in [4.78, 5) is 26.9. The van der Waals surface area contributed by atoms with Crippen LogP contribution in [-0.2, 0) is 4.79 Å². The van der Waals surface area contributed by atoms with Gasteiger partial charge in [0.15, 0.2) is 5.75 Å². The second-order valence-electron chi connectivity index (χ2n) is 8.16. The Labute approximate surface area is 195 Å². The zero-order valence-corrected chi connectivity index (χ0v) is 19.5. The third kappa shape index (κ3) is 4.79. The number of rotatable bonds is 7. The number of amides is 1. The largest absolute Gasteiger partial charge is 0.508 e. The van der Waals surface area contributed by atoms with Gasteiger partial charge in [0.25, 0.3) is 5.91 Å². The highest BCUT2D eigenvalue weighted by Gasteiger charge is 2.25. The predicted octanol–water partition coefficient (Wildman–Crippen LogP) is 5.94. The van der Waals surface area contributed by atoms with E-state index in [1.165, 1.54) is 12.1 Å². The number of phenolic OH excluding ortho intramolecular Hbond substituents is 1. The van der Waals surface area contributed by atoms with Crippen LogP contribution in [0.25, 0.3) is 10.9 Å². The minimum Gasteiger partial charge on any atom is -0.508 e. The van der Waals surface area contributed by atoms with Crippen LogP contribution in [0.15, 0.2) is 30.3 Å². The van der Waals surface area contributed by atoms with Crippen molar-refractivity contribution in [2.24, 2.45) is 5.92 Å². The highest BCUT2D eigenvalue weighted by Crippen LogP contribution is 2.42. The van der Waals surface area contributed by atoms with E-state index in [1.54, 1.807) is 32.0 Å². The number of hydrogen-bond acceptors (Lipinski definition) is 4. The van der Waals surface area contributed by atoms with Crippen LogP contribution >= 0.6 is 23.2 Å². The van der Waals surface area contributed by atoms with E-state index in [2.05, 4.69) is 10.3 Å². The summed E-state index contributed by atoms with van der Waals surface area (Å²) in [5, 5.41) is 22.7. The summed E-state index contributed by atoms with van der Waals surface area (Å²) in [5.41, 5.74) is 1.37. The molecule has 0 aliphatic carbocycles. The Morgan fingerprint density at radius 3 is 2.38 bits per heavy atom. The van der Waals surface area contributed by atoms with E-state index >= 15 is 0 Å². The average Bonchev–Trinajstić information content (AvgIpc) is 3.13. The molecule has 0 spiro atoms. The van der Waals surface area contributed by atoms with Crippen LogP contribution in [0.2, 0.25) is 10.0 Å². The smallest absolute Gasteiger partial charge is 0.326 e. The lowest BCUT2D eigenvalue weighted by atomic mass is 10.0. The van der Waals surface area contributed by atoms with Gasteiger partial charge in [0.1, 0.15) is 23.2 Å². The van der Waals surface area contributed by atoms with Crippen LogP contribution < -0.4 is 10.1 Å². The lowest BCUT2D eigenvalue weighted by Gasteiger charge is -2.17. The fourth-order valence-electron chi connectivity index (χ4n) is 3.31. The van der Waals surface area contributed by atoms with E-state index < -0.39 is 17.9 Å².